The van der Waals surface area contributed by atoms with Crippen LogP contribution in [-0.2, 0) is 4.79 Å². The zero-order chi connectivity index (χ0) is 23.8. The summed E-state index contributed by atoms with van der Waals surface area (Å²) in [4.78, 5) is 32.3. The molecule has 170 valence electrons. The predicted octanol–water partition coefficient (Wildman–Crippen LogP) is 4.43. The van der Waals surface area contributed by atoms with Crippen molar-refractivity contribution in [3.05, 3.63) is 120 Å². The lowest BCUT2D eigenvalue weighted by Gasteiger charge is -2.25. The molecule has 5 rings (SSSR count). The summed E-state index contributed by atoms with van der Waals surface area (Å²) in [7, 11) is 0. The first-order valence-electron chi connectivity index (χ1n) is 10.6. The summed E-state index contributed by atoms with van der Waals surface area (Å²) in [5.74, 6) is -0.306. The molecule has 0 saturated carbocycles. The number of benzene rings is 2. The summed E-state index contributed by atoms with van der Waals surface area (Å²) in [6.07, 6.45) is 4.89. The van der Waals surface area contributed by atoms with Gasteiger partial charge in [0.25, 0.3) is 11.5 Å². The number of nitrogens with zero attached hydrogens (tertiary/aromatic N) is 2. The molecule has 4 aromatic rings. The molecule has 0 spiro atoms. The first-order valence-corrected chi connectivity index (χ1v) is 11.8. The van der Waals surface area contributed by atoms with Crippen LogP contribution in [0.2, 0.25) is 5.02 Å². The van der Waals surface area contributed by atoms with E-state index in [2.05, 4.69) is 10.3 Å². The van der Waals surface area contributed by atoms with Gasteiger partial charge in [0.1, 0.15) is 0 Å². The zero-order valence-electron chi connectivity index (χ0n) is 18.4. The second-order valence-electron chi connectivity index (χ2n) is 7.96. The molecule has 1 N–H and O–H groups in total. The summed E-state index contributed by atoms with van der Waals surface area (Å²) < 4.78 is 7.22. The molecule has 6 nitrogen and oxygen atoms in total. The number of hydrogen-bond donors (Lipinski definition) is 1. The zero-order valence-corrected chi connectivity index (χ0v) is 20.0. The van der Waals surface area contributed by atoms with Gasteiger partial charge in [-0.1, -0.05) is 53.3 Å². The molecule has 8 heteroatoms. The minimum absolute atomic E-state index is 0.224. The van der Waals surface area contributed by atoms with Crippen LogP contribution in [0.1, 0.15) is 29.7 Å². The second-order valence-corrected chi connectivity index (χ2v) is 9.40. The molecule has 3 heterocycles. The number of nitrogens with one attached hydrogen (secondary N) is 1. The van der Waals surface area contributed by atoms with Crippen LogP contribution in [0.4, 0.5) is 5.69 Å². The fourth-order valence-corrected chi connectivity index (χ4v) is 5.16. The van der Waals surface area contributed by atoms with Crippen molar-refractivity contribution < 1.29 is 9.21 Å². The molecule has 0 aliphatic carbocycles. The minimum Gasteiger partial charge on any atom is -0.472 e. The highest BCUT2D eigenvalue weighted by Crippen LogP contribution is 2.31. The van der Waals surface area contributed by atoms with Gasteiger partial charge in [0.05, 0.1) is 34.4 Å². The molecule has 2 aromatic carbocycles. The molecule has 1 amide bonds. The van der Waals surface area contributed by atoms with Crippen molar-refractivity contribution >= 4 is 40.6 Å². The third kappa shape index (κ3) is 4.04. The van der Waals surface area contributed by atoms with Crippen molar-refractivity contribution in [2.24, 2.45) is 4.99 Å². The molecule has 0 bridgehead atoms. The van der Waals surface area contributed by atoms with E-state index >= 15 is 0 Å². The van der Waals surface area contributed by atoms with Crippen LogP contribution >= 0.6 is 22.9 Å². The topological polar surface area (TPSA) is 76.6 Å². The Labute approximate surface area is 204 Å². The van der Waals surface area contributed by atoms with Gasteiger partial charge in [-0.25, -0.2) is 4.99 Å². The maximum atomic E-state index is 13.6. The number of allylic oxidation sites excluding steroid dienone is 1. The first-order chi connectivity index (χ1) is 16.4. The van der Waals surface area contributed by atoms with Crippen molar-refractivity contribution in [3.8, 4) is 0 Å². The van der Waals surface area contributed by atoms with Gasteiger partial charge in [-0.3, -0.25) is 14.2 Å². The molecule has 0 unspecified atom stereocenters. The standard InChI is InChI=1S/C26H20ClN3O3S/c1-15-5-3-4-6-20(15)29-24(31)22-16(2)28-26-30(23(22)18-7-9-19(27)10-8-18)25(32)21(34-26)13-17-11-12-33-14-17/h3-14,23H,1-2H3,(H,29,31)/t23-/m1/s1. The van der Waals surface area contributed by atoms with E-state index in [-0.39, 0.29) is 11.5 Å². The van der Waals surface area contributed by atoms with Gasteiger partial charge in [-0.05, 0) is 55.3 Å². The number of hydrogen-bond acceptors (Lipinski definition) is 5. The lowest BCUT2D eigenvalue weighted by atomic mass is 9.95. The van der Waals surface area contributed by atoms with Crippen molar-refractivity contribution in [2.75, 3.05) is 5.32 Å². The van der Waals surface area contributed by atoms with Crippen LogP contribution in [0.3, 0.4) is 0 Å². The first kappa shape index (κ1) is 22.1. The number of fused-ring (bicyclic) bond motifs is 1. The Morgan fingerprint density at radius 3 is 2.62 bits per heavy atom. The van der Waals surface area contributed by atoms with E-state index in [0.29, 0.717) is 31.3 Å². The molecule has 0 saturated heterocycles. The Hall–Kier alpha value is -3.68. The number of para-hydroxylation sites is 1. The summed E-state index contributed by atoms with van der Waals surface area (Å²) in [6.45, 7) is 3.72. The average Bonchev–Trinajstić information content (AvgIpc) is 3.43. The molecule has 34 heavy (non-hydrogen) atoms. The lowest BCUT2D eigenvalue weighted by Crippen LogP contribution is -2.40. The van der Waals surface area contributed by atoms with Gasteiger partial charge < -0.3 is 9.73 Å². The summed E-state index contributed by atoms with van der Waals surface area (Å²) in [5.41, 5.74) is 3.94. The normalized spacial score (nSPS) is 15.7. The average molecular weight is 490 g/mol. The second kappa shape index (κ2) is 8.93. The Morgan fingerprint density at radius 2 is 1.91 bits per heavy atom. The Kier molecular flexibility index (Phi) is 5.81. The molecule has 1 aliphatic rings. The number of carbonyl (C=O) groups excluding carboxylic acids is 1. The monoisotopic (exact) mass is 489 g/mol. The van der Waals surface area contributed by atoms with E-state index in [0.717, 1.165) is 16.7 Å². The van der Waals surface area contributed by atoms with E-state index in [1.54, 1.807) is 48.3 Å². The van der Waals surface area contributed by atoms with E-state index in [9.17, 15) is 9.59 Å². The fraction of sp³-hybridized carbons (Fsp3) is 0.115. The molecule has 0 radical (unpaired) electrons. The Bertz CT molecular complexity index is 1600. The molecule has 0 fully saturated rings. The highest BCUT2D eigenvalue weighted by atomic mass is 35.5. The minimum atomic E-state index is -0.649. The third-order valence-electron chi connectivity index (χ3n) is 5.69. The van der Waals surface area contributed by atoms with Crippen LogP contribution in [0.15, 0.2) is 92.6 Å². The Balaban J connectivity index is 1.68. The quantitative estimate of drug-likeness (QED) is 0.460. The number of anilines is 1. The van der Waals surface area contributed by atoms with Gasteiger partial charge in [-0.15, -0.1) is 0 Å². The number of furan rings is 1. The maximum absolute atomic E-state index is 13.6. The van der Waals surface area contributed by atoms with Crippen molar-refractivity contribution in [2.45, 2.75) is 19.9 Å². The number of carbonyl (C=O) groups is 1. The van der Waals surface area contributed by atoms with Crippen molar-refractivity contribution in [1.82, 2.24) is 4.57 Å². The van der Waals surface area contributed by atoms with Crippen molar-refractivity contribution in [3.63, 3.8) is 0 Å². The predicted molar refractivity (Wildman–Crippen MR) is 134 cm³/mol. The molecule has 1 atom stereocenters. The van der Waals surface area contributed by atoms with Gasteiger partial charge in [0.2, 0.25) is 0 Å². The highest BCUT2D eigenvalue weighted by molar-refractivity contribution is 7.07. The van der Waals surface area contributed by atoms with E-state index in [1.807, 2.05) is 43.3 Å². The summed E-state index contributed by atoms with van der Waals surface area (Å²) in [6, 6.07) is 15.9. The highest BCUT2D eigenvalue weighted by Gasteiger charge is 2.32. The van der Waals surface area contributed by atoms with Crippen LogP contribution in [0, 0.1) is 6.92 Å². The molecular weight excluding hydrogens is 470 g/mol. The number of rotatable bonds is 4. The van der Waals surface area contributed by atoms with Gasteiger partial charge in [0, 0.05) is 16.3 Å². The molecular formula is C26H20ClN3O3S. The molecule has 1 aliphatic heterocycles. The number of amides is 1. The summed E-state index contributed by atoms with van der Waals surface area (Å²) in [5, 5.41) is 3.57. The fourth-order valence-electron chi connectivity index (χ4n) is 3.98. The van der Waals surface area contributed by atoms with Gasteiger partial charge in [-0.2, -0.15) is 0 Å². The molecule has 2 aromatic heterocycles. The Morgan fingerprint density at radius 1 is 1.15 bits per heavy atom. The number of aromatic nitrogens is 1. The van der Waals surface area contributed by atoms with Gasteiger partial charge in [0.15, 0.2) is 4.80 Å². The van der Waals surface area contributed by atoms with E-state index < -0.39 is 6.04 Å². The lowest BCUT2D eigenvalue weighted by molar-refractivity contribution is -0.113. The largest absolute Gasteiger partial charge is 0.472 e. The number of thiazole rings is 1. The number of halogens is 1. The van der Waals surface area contributed by atoms with Gasteiger partial charge >= 0.3 is 0 Å². The number of aryl methyl sites for hydroxylation is 1. The SMILES string of the molecule is CC1=C(C(=O)Nc2ccccc2C)[C@@H](c2ccc(Cl)cc2)n2c(sc(=Cc3ccoc3)c2=O)=N1. The van der Waals surface area contributed by atoms with E-state index in [1.165, 1.54) is 11.3 Å². The van der Waals surface area contributed by atoms with E-state index in [4.69, 9.17) is 16.0 Å². The van der Waals surface area contributed by atoms with Crippen LogP contribution in [-0.4, -0.2) is 10.5 Å². The third-order valence-corrected chi connectivity index (χ3v) is 6.92. The van der Waals surface area contributed by atoms with Crippen LogP contribution in [0.25, 0.3) is 6.08 Å². The smallest absolute Gasteiger partial charge is 0.271 e. The van der Waals surface area contributed by atoms with Crippen molar-refractivity contribution in [1.29, 1.82) is 0 Å². The van der Waals surface area contributed by atoms with Crippen LogP contribution in [0.5, 0.6) is 0 Å². The van der Waals surface area contributed by atoms with Crippen LogP contribution < -0.4 is 20.2 Å². The summed E-state index contributed by atoms with van der Waals surface area (Å²) >= 11 is 7.41. The maximum Gasteiger partial charge on any atom is 0.271 e.